The van der Waals surface area contributed by atoms with Gasteiger partial charge in [0.15, 0.2) is 24.7 Å². The minimum absolute atomic E-state index is 0.0612. The second-order valence-electron chi connectivity index (χ2n) is 2.60. The van der Waals surface area contributed by atoms with Crippen molar-refractivity contribution in [3.8, 4) is 0 Å². The van der Waals surface area contributed by atoms with Crippen molar-refractivity contribution in [2.24, 2.45) is 0 Å². The summed E-state index contributed by atoms with van der Waals surface area (Å²) < 4.78 is 1.83. The Morgan fingerprint density at radius 1 is 1.50 bits per heavy atom. The van der Waals surface area contributed by atoms with E-state index in [4.69, 9.17) is 5.11 Å². The fourth-order valence-corrected chi connectivity index (χ4v) is 0.957. The van der Waals surface area contributed by atoms with Crippen LogP contribution in [-0.2, 0) is 6.54 Å². The number of hydrogen-bond donors (Lipinski definition) is 1. The Morgan fingerprint density at radius 2 is 2.08 bits per heavy atom. The van der Waals surface area contributed by atoms with Gasteiger partial charge in [0, 0.05) is 17.7 Å². The Hall–Kier alpha value is -1.22. The maximum atomic E-state index is 10.9. The van der Waals surface area contributed by atoms with Gasteiger partial charge in [-0.3, -0.25) is 4.79 Å². The lowest BCUT2D eigenvalue weighted by atomic mass is 10.2. The summed E-state index contributed by atoms with van der Waals surface area (Å²) in [5, 5.41) is 8.61. The average Bonchev–Trinajstić information content (AvgIpc) is 2.06. The molecule has 1 rings (SSSR count). The van der Waals surface area contributed by atoms with E-state index < -0.39 is 0 Å². The lowest BCUT2D eigenvalue weighted by Crippen LogP contribution is -2.34. The fourth-order valence-electron chi connectivity index (χ4n) is 0.957. The van der Waals surface area contributed by atoms with E-state index in [1.807, 2.05) is 4.57 Å². The Labute approximate surface area is 71.3 Å². The third kappa shape index (κ3) is 2.13. The minimum atomic E-state index is 0.0612. The smallest absolute Gasteiger partial charge is 0.171 e. The molecule has 0 unspecified atom stereocenters. The van der Waals surface area contributed by atoms with E-state index in [9.17, 15) is 4.79 Å². The molecule has 0 aromatic carbocycles. The number of nitrogens with zero attached hydrogens (tertiary/aromatic N) is 1. The maximum Gasteiger partial charge on any atom is 0.171 e. The molecule has 0 fully saturated rings. The predicted octanol–water partition coefficient (Wildman–Crippen LogP) is 0.169. The molecule has 64 valence electrons. The number of aliphatic hydroxyl groups is 1. The van der Waals surface area contributed by atoms with Crippen LogP contribution in [-0.4, -0.2) is 17.5 Å². The number of pyridine rings is 1. The molecule has 0 aliphatic carbocycles. The van der Waals surface area contributed by atoms with Gasteiger partial charge in [-0.05, 0) is 6.92 Å². The zero-order valence-electron chi connectivity index (χ0n) is 7.03. The highest BCUT2D eigenvalue weighted by Gasteiger charge is 2.02. The quantitative estimate of drug-likeness (QED) is 0.513. The molecule has 0 saturated heterocycles. The van der Waals surface area contributed by atoms with Gasteiger partial charge in [-0.2, -0.15) is 0 Å². The second-order valence-corrected chi connectivity index (χ2v) is 2.60. The molecular formula is C9H12NO2+. The van der Waals surface area contributed by atoms with Gasteiger partial charge in [-0.15, -0.1) is 0 Å². The first-order chi connectivity index (χ1) is 5.74. The summed E-state index contributed by atoms with van der Waals surface area (Å²) in [4.78, 5) is 10.9. The summed E-state index contributed by atoms with van der Waals surface area (Å²) in [6.07, 6.45) is 3.57. The van der Waals surface area contributed by atoms with Crippen LogP contribution in [0.15, 0.2) is 24.5 Å². The molecule has 12 heavy (non-hydrogen) atoms. The van der Waals surface area contributed by atoms with E-state index in [0.717, 1.165) is 0 Å². The first-order valence-corrected chi connectivity index (χ1v) is 3.85. The number of Topliss-reactive ketones (excluding diaryl/α,β-unsaturated/α-hetero) is 1. The molecule has 3 nitrogen and oxygen atoms in total. The molecule has 0 aliphatic rings. The summed E-state index contributed by atoms with van der Waals surface area (Å²) in [5.74, 6) is 0.0612. The zero-order valence-corrected chi connectivity index (χ0v) is 7.03. The summed E-state index contributed by atoms with van der Waals surface area (Å²) >= 11 is 0. The predicted molar refractivity (Wildman–Crippen MR) is 43.7 cm³/mol. The monoisotopic (exact) mass is 166 g/mol. The Kier molecular flexibility index (Phi) is 2.94. The van der Waals surface area contributed by atoms with Crippen LogP contribution in [0.2, 0.25) is 0 Å². The van der Waals surface area contributed by atoms with E-state index in [1.54, 1.807) is 24.5 Å². The summed E-state index contributed by atoms with van der Waals surface area (Å²) in [7, 11) is 0. The second kappa shape index (κ2) is 3.97. The highest BCUT2D eigenvalue weighted by molar-refractivity contribution is 5.93. The van der Waals surface area contributed by atoms with Gasteiger partial charge in [0.25, 0.3) is 0 Å². The van der Waals surface area contributed by atoms with Gasteiger partial charge in [-0.25, -0.2) is 4.57 Å². The maximum absolute atomic E-state index is 10.9. The zero-order chi connectivity index (χ0) is 8.97. The van der Waals surface area contributed by atoms with Crippen molar-refractivity contribution in [2.75, 3.05) is 6.61 Å². The van der Waals surface area contributed by atoms with E-state index in [0.29, 0.717) is 12.1 Å². The van der Waals surface area contributed by atoms with E-state index in [2.05, 4.69) is 0 Å². The summed E-state index contributed by atoms with van der Waals surface area (Å²) in [5.41, 5.74) is 0.698. The van der Waals surface area contributed by atoms with Gasteiger partial charge in [0.05, 0.1) is 0 Å². The van der Waals surface area contributed by atoms with Crippen molar-refractivity contribution in [3.63, 3.8) is 0 Å². The van der Waals surface area contributed by atoms with Crippen LogP contribution in [0, 0.1) is 0 Å². The van der Waals surface area contributed by atoms with Crippen LogP contribution in [0.25, 0.3) is 0 Å². The summed E-state index contributed by atoms with van der Waals surface area (Å²) in [6.45, 7) is 2.22. The molecule has 0 aliphatic heterocycles. The number of carbonyl (C=O) groups is 1. The standard InChI is InChI=1S/C9H12NO2/c1-8(12)9-2-4-10(5-3-9)6-7-11/h2-5,11H,6-7H2,1H3/q+1. The van der Waals surface area contributed by atoms with Crippen LogP contribution in [0.3, 0.4) is 0 Å². The number of aliphatic hydroxyl groups excluding tert-OH is 1. The number of aromatic nitrogens is 1. The van der Waals surface area contributed by atoms with Crippen LogP contribution in [0.5, 0.6) is 0 Å². The van der Waals surface area contributed by atoms with Crippen molar-refractivity contribution < 1.29 is 14.5 Å². The normalized spacial score (nSPS) is 9.83. The van der Waals surface area contributed by atoms with Crippen molar-refractivity contribution in [3.05, 3.63) is 30.1 Å². The highest BCUT2D eigenvalue weighted by atomic mass is 16.3. The molecule has 0 radical (unpaired) electrons. The number of rotatable bonds is 3. The average molecular weight is 166 g/mol. The van der Waals surface area contributed by atoms with Crippen LogP contribution in [0.1, 0.15) is 17.3 Å². The van der Waals surface area contributed by atoms with Crippen LogP contribution < -0.4 is 4.57 Å². The van der Waals surface area contributed by atoms with E-state index in [-0.39, 0.29) is 12.4 Å². The Balaban J connectivity index is 2.78. The van der Waals surface area contributed by atoms with Crippen molar-refractivity contribution in [1.29, 1.82) is 0 Å². The van der Waals surface area contributed by atoms with Crippen LogP contribution in [0.4, 0.5) is 0 Å². The van der Waals surface area contributed by atoms with Crippen molar-refractivity contribution >= 4 is 5.78 Å². The summed E-state index contributed by atoms with van der Waals surface area (Å²) in [6, 6.07) is 3.50. The van der Waals surface area contributed by atoms with Crippen molar-refractivity contribution in [2.45, 2.75) is 13.5 Å². The Morgan fingerprint density at radius 3 is 2.50 bits per heavy atom. The third-order valence-electron chi connectivity index (χ3n) is 1.66. The number of hydrogen-bond acceptors (Lipinski definition) is 2. The molecule has 0 amide bonds. The van der Waals surface area contributed by atoms with Crippen molar-refractivity contribution in [1.82, 2.24) is 0 Å². The largest absolute Gasteiger partial charge is 0.390 e. The highest BCUT2D eigenvalue weighted by Crippen LogP contribution is 1.95. The third-order valence-corrected chi connectivity index (χ3v) is 1.66. The van der Waals surface area contributed by atoms with E-state index >= 15 is 0 Å². The van der Waals surface area contributed by atoms with Crippen LogP contribution >= 0.6 is 0 Å². The van der Waals surface area contributed by atoms with Gasteiger partial charge in [-0.1, -0.05) is 0 Å². The number of ketones is 1. The first kappa shape index (κ1) is 8.87. The lowest BCUT2D eigenvalue weighted by Gasteiger charge is -1.94. The molecular weight excluding hydrogens is 154 g/mol. The van der Waals surface area contributed by atoms with Gasteiger partial charge in [0.1, 0.15) is 6.61 Å². The van der Waals surface area contributed by atoms with Gasteiger partial charge in [0.2, 0.25) is 0 Å². The molecule has 1 N–H and O–H groups in total. The SMILES string of the molecule is CC(=O)c1cc[n+](CCO)cc1. The molecule has 0 bridgehead atoms. The molecule has 0 saturated carbocycles. The number of carbonyl (C=O) groups excluding carboxylic acids is 1. The first-order valence-electron chi connectivity index (χ1n) is 3.85. The minimum Gasteiger partial charge on any atom is -0.390 e. The topological polar surface area (TPSA) is 41.2 Å². The van der Waals surface area contributed by atoms with Gasteiger partial charge < -0.3 is 5.11 Å². The lowest BCUT2D eigenvalue weighted by molar-refractivity contribution is -0.698. The molecule has 1 heterocycles. The molecule has 0 atom stereocenters. The molecule has 1 aromatic rings. The molecule has 3 heteroatoms. The van der Waals surface area contributed by atoms with Gasteiger partial charge >= 0.3 is 0 Å². The Bertz CT molecular complexity index is 266. The molecule has 1 aromatic heterocycles. The fraction of sp³-hybridized carbons (Fsp3) is 0.333. The van der Waals surface area contributed by atoms with E-state index in [1.165, 1.54) is 6.92 Å². The molecule has 0 spiro atoms.